The summed E-state index contributed by atoms with van der Waals surface area (Å²) in [6.45, 7) is 9.75. The molecule has 27 heavy (non-hydrogen) atoms. The standard InChI is InChI=1S/C19H25F2N3O2S/c1-12(2)26-19(25)24-6-5-23(9-13(24)3)10-16-7-15(18(20)21)8-17(14(16)4)22-11-27/h7-8,12-13,18H,5-6,9-10H2,1-4H3/t13-/m0/s1. The van der Waals surface area contributed by atoms with Gasteiger partial charge in [-0.25, -0.2) is 13.6 Å². The van der Waals surface area contributed by atoms with E-state index in [2.05, 4.69) is 27.3 Å². The first-order chi connectivity index (χ1) is 12.7. The molecule has 0 aliphatic carbocycles. The minimum absolute atomic E-state index is 0.0259. The Labute approximate surface area is 164 Å². The number of amides is 1. The Morgan fingerprint density at radius 3 is 2.67 bits per heavy atom. The molecular weight excluding hydrogens is 372 g/mol. The molecule has 2 rings (SSSR count). The van der Waals surface area contributed by atoms with Gasteiger partial charge in [0.15, 0.2) is 0 Å². The van der Waals surface area contributed by atoms with Gasteiger partial charge >= 0.3 is 6.09 Å². The number of hydrogen-bond donors (Lipinski definition) is 0. The Kier molecular flexibility index (Phi) is 7.41. The minimum Gasteiger partial charge on any atom is -0.447 e. The molecule has 0 aromatic heterocycles. The Morgan fingerprint density at radius 1 is 1.41 bits per heavy atom. The predicted octanol–water partition coefficient (Wildman–Crippen LogP) is 4.72. The number of alkyl halides is 2. The van der Waals surface area contributed by atoms with Crippen molar-refractivity contribution < 1.29 is 18.3 Å². The lowest BCUT2D eigenvalue weighted by molar-refractivity contribution is 0.0349. The zero-order chi connectivity index (χ0) is 20.1. The van der Waals surface area contributed by atoms with E-state index in [0.717, 1.165) is 11.1 Å². The van der Waals surface area contributed by atoms with Crippen LogP contribution in [0.3, 0.4) is 0 Å². The molecule has 148 valence electrons. The predicted molar refractivity (Wildman–Crippen MR) is 104 cm³/mol. The van der Waals surface area contributed by atoms with Crippen molar-refractivity contribution in [3.63, 3.8) is 0 Å². The van der Waals surface area contributed by atoms with E-state index in [-0.39, 0.29) is 23.8 Å². The molecule has 0 bridgehead atoms. The Hall–Kier alpha value is -1.89. The number of halogens is 2. The summed E-state index contributed by atoms with van der Waals surface area (Å²) in [5.41, 5.74) is 1.94. The number of rotatable bonds is 5. The SMILES string of the molecule is Cc1c(CN2CCN(C(=O)OC(C)C)[C@@H](C)C2)cc(C(F)F)cc1N=C=S. The van der Waals surface area contributed by atoms with E-state index in [1.165, 1.54) is 12.1 Å². The average molecular weight is 397 g/mol. The highest BCUT2D eigenvalue weighted by atomic mass is 32.1. The van der Waals surface area contributed by atoms with Gasteiger partial charge in [0, 0.05) is 37.8 Å². The van der Waals surface area contributed by atoms with Gasteiger partial charge in [-0.2, -0.15) is 4.99 Å². The number of carbonyl (C=O) groups excluding carboxylic acids is 1. The number of nitrogens with zero attached hydrogens (tertiary/aromatic N) is 3. The highest BCUT2D eigenvalue weighted by molar-refractivity contribution is 7.78. The summed E-state index contributed by atoms with van der Waals surface area (Å²) in [6, 6.07) is 2.85. The quantitative estimate of drug-likeness (QED) is 0.533. The van der Waals surface area contributed by atoms with Gasteiger partial charge in [0.2, 0.25) is 0 Å². The second kappa shape index (κ2) is 9.35. The molecule has 8 heteroatoms. The first-order valence-corrected chi connectivity index (χ1v) is 9.32. The maximum absolute atomic E-state index is 13.2. The summed E-state index contributed by atoms with van der Waals surface area (Å²) >= 11 is 4.63. The van der Waals surface area contributed by atoms with E-state index < -0.39 is 6.43 Å². The molecule has 0 radical (unpaired) electrons. The fourth-order valence-corrected chi connectivity index (χ4v) is 3.29. The summed E-state index contributed by atoms with van der Waals surface area (Å²) in [7, 11) is 0. The van der Waals surface area contributed by atoms with Gasteiger partial charge in [-0.1, -0.05) is 0 Å². The number of hydrogen-bond acceptors (Lipinski definition) is 5. The molecule has 1 aromatic rings. The van der Waals surface area contributed by atoms with Crippen LogP contribution in [0.15, 0.2) is 17.1 Å². The Bertz CT molecular complexity index is 736. The third-order valence-corrected chi connectivity index (χ3v) is 4.70. The van der Waals surface area contributed by atoms with Crippen molar-refractivity contribution in [2.24, 2.45) is 4.99 Å². The van der Waals surface area contributed by atoms with Gasteiger partial charge in [0.05, 0.1) is 17.0 Å². The van der Waals surface area contributed by atoms with Crippen LogP contribution >= 0.6 is 12.2 Å². The second-order valence-corrected chi connectivity index (χ2v) is 7.22. The molecule has 1 aliphatic heterocycles. The zero-order valence-electron chi connectivity index (χ0n) is 16.0. The van der Waals surface area contributed by atoms with Crippen LogP contribution in [-0.2, 0) is 11.3 Å². The summed E-state index contributed by atoms with van der Waals surface area (Å²) in [5.74, 6) is 0. The molecule has 0 unspecified atom stereocenters. The van der Waals surface area contributed by atoms with Crippen molar-refractivity contribution >= 4 is 29.2 Å². The van der Waals surface area contributed by atoms with E-state index in [4.69, 9.17) is 4.74 Å². The van der Waals surface area contributed by atoms with Crippen LogP contribution in [0.25, 0.3) is 0 Å². The van der Waals surface area contributed by atoms with Crippen LogP contribution in [0.5, 0.6) is 0 Å². The maximum atomic E-state index is 13.2. The molecule has 1 saturated heterocycles. The summed E-state index contributed by atoms with van der Waals surface area (Å²) in [5, 5.41) is 2.25. The van der Waals surface area contributed by atoms with Gasteiger partial charge in [-0.3, -0.25) is 4.90 Å². The van der Waals surface area contributed by atoms with Gasteiger partial charge < -0.3 is 9.64 Å². The Morgan fingerprint density at radius 2 is 2.11 bits per heavy atom. The van der Waals surface area contributed by atoms with Crippen LogP contribution in [0.2, 0.25) is 0 Å². The van der Waals surface area contributed by atoms with Gasteiger partial charge in [-0.05, 0) is 63.2 Å². The van der Waals surface area contributed by atoms with Crippen molar-refractivity contribution in [3.8, 4) is 0 Å². The molecule has 1 atom stereocenters. The molecule has 1 fully saturated rings. The number of benzene rings is 1. The van der Waals surface area contributed by atoms with Gasteiger partial charge in [0.1, 0.15) is 0 Å². The number of thiocarbonyl (C=S) groups is 1. The van der Waals surface area contributed by atoms with E-state index >= 15 is 0 Å². The fourth-order valence-electron chi connectivity index (χ4n) is 3.20. The number of carbonyl (C=O) groups is 1. The molecule has 1 amide bonds. The monoisotopic (exact) mass is 397 g/mol. The molecule has 1 aliphatic rings. The first-order valence-electron chi connectivity index (χ1n) is 8.92. The van der Waals surface area contributed by atoms with Crippen molar-refractivity contribution in [2.75, 3.05) is 19.6 Å². The molecule has 0 N–H and O–H groups in total. The van der Waals surface area contributed by atoms with E-state index in [1.54, 1.807) is 4.90 Å². The fraction of sp³-hybridized carbons (Fsp3) is 0.579. The lowest BCUT2D eigenvalue weighted by Gasteiger charge is -2.39. The van der Waals surface area contributed by atoms with Crippen LogP contribution < -0.4 is 0 Å². The molecule has 1 aromatic carbocycles. The third-order valence-electron chi connectivity index (χ3n) is 4.60. The third kappa shape index (κ3) is 5.54. The van der Waals surface area contributed by atoms with Crippen molar-refractivity contribution in [3.05, 3.63) is 28.8 Å². The highest BCUT2D eigenvalue weighted by Gasteiger charge is 2.29. The van der Waals surface area contributed by atoms with Crippen molar-refractivity contribution in [1.82, 2.24) is 9.80 Å². The van der Waals surface area contributed by atoms with E-state index in [9.17, 15) is 13.6 Å². The lowest BCUT2D eigenvalue weighted by atomic mass is 10.0. The van der Waals surface area contributed by atoms with Crippen LogP contribution in [0.1, 0.15) is 43.9 Å². The smallest absolute Gasteiger partial charge is 0.410 e. The van der Waals surface area contributed by atoms with E-state index in [1.807, 2.05) is 27.7 Å². The lowest BCUT2D eigenvalue weighted by Crippen LogP contribution is -2.54. The summed E-state index contributed by atoms with van der Waals surface area (Å²) in [6.07, 6.45) is -3.06. The van der Waals surface area contributed by atoms with Crippen molar-refractivity contribution in [1.29, 1.82) is 0 Å². The maximum Gasteiger partial charge on any atom is 0.410 e. The van der Waals surface area contributed by atoms with Crippen LogP contribution in [0, 0.1) is 6.92 Å². The normalized spacial score (nSPS) is 17.9. The Balaban J connectivity index is 2.14. The average Bonchev–Trinajstić information content (AvgIpc) is 2.57. The molecule has 0 saturated carbocycles. The summed E-state index contributed by atoms with van der Waals surface area (Å²) < 4.78 is 31.7. The largest absolute Gasteiger partial charge is 0.447 e. The van der Waals surface area contributed by atoms with Gasteiger partial charge in [0.25, 0.3) is 6.43 Å². The van der Waals surface area contributed by atoms with Crippen LogP contribution in [0.4, 0.5) is 19.3 Å². The van der Waals surface area contributed by atoms with Crippen LogP contribution in [-0.4, -0.2) is 52.8 Å². The highest BCUT2D eigenvalue weighted by Crippen LogP contribution is 2.30. The van der Waals surface area contributed by atoms with Crippen molar-refractivity contribution in [2.45, 2.75) is 52.8 Å². The van der Waals surface area contributed by atoms with Gasteiger partial charge in [-0.15, -0.1) is 0 Å². The topological polar surface area (TPSA) is 45.1 Å². The molecule has 5 nitrogen and oxygen atoms in total. The van der Waals surface area contributed by atoms with E-state index in [0.29, 0.717) is 31.9 Å². The second-order valence-electron chi connectivity index (χ2n) is 7.04. The number of aliphatic imine (C=N–C) groups is 1. The molecule has 0 spiro atoms. The summed E-state index contributed by atoms with van der Waals surface area (Å²) in [4.78, 5) is 19.9. The molecule has 1 heterocycles. The number of piperazine rings is 1. The number of ether oxygens (including phenoxy) is 1. The zero-order valence-corrected chi connectivity index (χ0v) is 16.9. The number of isothiocyanates is 1. The molecular formula is C19H25F2N3O2S. The first kappa shape index (κ1) is 21.4. The minimum atomic E-state index is -2.58.